The van der Waals surface area contributed by atoms with E-state index in [9.17, 15) is 0 Å². The highest BCUT2D eigenvalue weighted by atomic mass is 35.5. The molecule has 0 heterocycles. The van der Waals surface area contributed by atoms with Gasteiger partial charge in [0, 0.05) is 6.04 Å². The zero-order valence-electron chi connectivity index (χ0n) is 9.47. The Balaban J connectivity index is 2.63. The molecule has 0 saturated heterocycles. The lowest BCUT2D eigenvalue weighted by molar-refractivity contribution is 0.585. The SMILES string of the molecule is C=CC(Cc1ccc(Cl)c(Cl)c1)NCCC. The number of benzene rings is 1. The van der Waals surface area contributed by atoms with Gasteiger partial charge >= 0.3 is 0 Å². The first-order valence-corrected chi connectivity index (χ1v) is 6.22. The number of hydrogen-bond donors (Lipinski definition) is 1. The first-order chi connectivity index (χ1) is 7.67. The summed E-state index contributed by atoms with van der Waals surface area (Å²) < 4.78 is 0. The molecule has 0 bridgehead atoms. The van der Waals surface area contributed by atoms with E-state index in [1.54, 1.807) is 0 Å². The van der Waals surface area contributed by atoms with Gasteiger partial charge in [0.1, 0.15) is 0 Å². The van der Waals surface area contributed by atoms with Crippen LogP contribution in [0.1, 0.15) is 18.9 Å². The smallest absolute Gasteiger partial charge is 0.0595 e. The van der Waals surface area contributed by atoms with Crippen molar-refractivity contribution in [2.24, 2.45) is 0 Å². The highest BCUT2D eigenvalue weighted by Crippen LogP contribution is 2.23. The number of hydrogen-bond acceptors (Lipinski definition) is 1. The largest absolute Gasteiger partial charge is 0.310 e. The van der Waals surface area contributed by atoms with Gasteiger partial charge in [0.2, 0.25) is 0 Å². The normalized spacial score (nSPS) is 12.4. The fourth-order valence-corrected chi connectivity index (χ4v) is 1.81. The van der Waals surface area contributed by atoms with Gasteiger partial charge in [0.25, 0.3) is 0 Å². The molecule has 1 unspecified atom stereocenters. The van der Waals surface area contributed by atoms with Crippen molar-refractivity contribution < 1.29 is 0 Å². The minimum absolute atomic E-state index is 0.289. The van der Waals surface area contributed by atoms with Gasteiger partial charge in [-0.25, -0.2) is 0 Å². The van der Waals surface area contributed by atoms with Crippen molar-refractivity contribution in [3.05, 3.63) is 46.5 Å². The molecule has 0 fully saturated rings. The average Bonchev–Trinajstić information content (AvgIpc) is 2.29. The molecule has 0 aromatic heterocycles. The van der Waals surface area contributed by atoms with Crippen molar-refractivity contribution in [1.82, 2.24) is 5.32 Å². The second-order valence-electron chi connectivity index (χ2n) is 3.75. The van der Waals surface area contributed by atoms with E-state index in [4.69, 9.17) is 23.2 Å². The molecular formula is C13H17Cl2N. The van der Waals surface area contributed by atoms with Crippen molar-refractivity contribution in [2.75, 3.05) is 6.54 Å². The maximum absolute atomic E-state index is 5.97. The van der Waals surface area contributed by atoms with Crippen molar-refractivity contribution in [1.29, 1.82) is 0 Å². The molecule has 0 spiro atoms. The van der Waals surface area contributed by atoms with Gasteiger partial charge in [-0.05, 0) is 37.1 Å². The molecule has 1 aromatic carbocycles. The third-order valence-electron chi connectivity index (χ3n) is 2.38. The Hall–Kier alpha value is -0.500. The molecular weight excluding hydrogens is 241 g/mol. The van der Waals surface area contributed by atoms with Crippen molar-refractivity contribution in [3.8, 4) is 0 Å². The average molecular weight is 258 g/mol. The predicted molar refractivity (Wildman–Crippen MR) is 72.4 cm³/mol. The monoisotopic (exact) mass is 257 g/mol. The summed E-state index contributed by atoms with van der Waals surface area (Å²) in [5.74, 6) is 0. The quantitative estimate of drug-likeness (QED) is 0.758. The minimum atomic E-state index is 0.289. The highest BCUT2D eigenvalue weighted by Gasteiger charge is 2.06. The van der Waals surface area contributed by atoms with Gasteiger partial charge in [0.15, 0.2) is 0 Å². The molecule has 0 aliphatic carbocycles. The van der Waals surface area contributed by atoms with E-state index in [1.807, 2.05) is 24.3 Å². The van der Waals surface area contributed by atoms with Crippen LogP contribution in [0.4, 0.5) is 0 Å². The lowest BCUT2D eigenvalue weighted by Gasteiger charge is -2.14. The van der Waals surface area contributed by atoms with E-state index < -0.39 is 0 Å². The minimum Gasteiger partial charge on any atom is -0.310 e. The second kappa shape index (κ2) is 6.95. The summed E-state index contributed by atoms with van der Waals surface area (Å²) in [6.07, 6.45) is 3.93. The van der Waals surface area contributed by atoms with Gasteiger partial charge in [-0.3, -0.25) is 0 Å². The van der Waals surface area contributed by atoms with E-state index in [-0.39, 0.29) is 6.04 Å². The van der Waals surface area contributed by atoms with E-state index in [2.05, 4.69) is 18.8 Å². The van der Waals surface area contributed by atoms with E-state index in [1.165, 1.54) is 5.56 Å². The zero-order valence-corrected chi connectivity index (χ0v) is 11.0. The number of rotatable bonds is 6. The fourth-order valence-electron chi connectivity index (χ4n) is 1.49. The van der Waals surface area contributed by atoms with Crippen LogP contribution in [-0.2, 0) is 6.42 Å². The molecule has 1 N–H and O–H groups in total. The fraction of sp³-hybridized carbons (Fsp3) is 0.385. The molecule has 0 amide bonds. The molecule has 1 nitrogen and oxygen atoms in total. The maximum atomic E-state index is 5.97. The van der Waals surface area contributed by atoms with Gasteiger partial charge < -0.3 is 5.32 Å². The van der Waals surface area contributed by atoms with Gasteiger partial charge in [0.05, 0.1) is 10.0 Å². The summed E-state index contributed by atoms with van der Waals surface area (Å²) in [7, 11) is 0. The van der Waals surface area contributed by atoms with Crippen LogP contribution in [-0.4, -0.2) is 12.6 Å². The number of halogens is 2. The van der Waals surface area contributed by atoms with Crippen LogP contribution >= 0.6 is 23.2 Å². The van der Waals surface area contributed by atoms with Crippen LogP contribution in [0.15, 0.2) is 30.9 Å². The zero-order chi connectivity index (χ0) is 12.0. The summed E-state index contributed by atoms with van der Waals surface area (Å²) in [6, 6.07) is 6.03. The Morgan fingerprint density at radius 3 is 2.69 bits per heavy atom. The molecule has 88 valence electrons. The predicted octanol–water partition coefficient (Wildman–Crippen LogP) is 4.09. The van der Waals surface area contributed by atoms with Gasteiger partial charge in [-0.1, -0.05) is 42.3 Å². The molecule has 0 saturated carbocycles. The van der Waals surface area contributed by atoms with Crippen LogP contribution in [0.3, 0.4) is 0 Å². The Kier molecular flexibility index (Phi) is 5.89. The summed E-state index contributed by atoms with van der Waals surface area (Å²) in [5, 5.41) is 4.62. The molecule has 16 heavy (non-hydrogen) atoms. The lowest BCUT2D eigenvalue weighted by atomic mass is 10.1. The third-order valence-corrected chi connectivity index (χ3v) is 3.12. The molecule has 0 aliphatic heterocycles. The van der Waals surface area contributed by atoms with E-state index >= 15 is 0 Å². The van der Waals surface area contributed by atoms with Crippen molar-refractivity contribution in [3.63, 3.8) is 0 Å². The van der Waals surface area contributed by atoms with Crippen LogP contribution in [0, 0.1) is 0 Å². The Morgan fingerprint density at radius 1 is 1.38 bits per heavy atom. The second-order valence-corrected chi connectivity index (χ2v) is 4.56. The summed E-state index contributed by atoms with van der Waals surface area (Å²) in [4.78, 5) is 0. The summed E-state index contributed by atoms with van der Waals surface area (Å²) >= 11 is 11.8. The van der Waals surface area contributed by atoms with Gasteiger partial charge in [-0.15, -0.1) is 6.58 Å². The number of nitrogens with one attached hydrogen (secondary N) is 1. The lowest BCUT2D eigenvalue weighted by Crippen LogP contribution is -2.29. The van der Waals surface area contributed by atoms with Crippen LogP contribution in [0.2, 0.25) is 10.0 Å². The first kappa shape index (κ1) is 13.6. The Labute approximate surface area is 107 Å². The molecule has 3 heteroatoms. The Morgan fingerprint density at radius 2 is 2.12 bits per heavy atom. The van der Waals surface area contributed by atoms with Crippen molar-refractivity contribution in [2.45, 2.75) is 25.8 Å². The summed E-state index contributed by atoms with van der Waals surface area (Å²) in [5.41, 5.74) is 1.17. The molecule has 1 rings (SSSR count). The van der Waals surface area contributed by atoms with Crippen molar-refractivity contribution >= 4 is 23.2 Å². The molecule has 1 atom stereocenters. The highest BCUT2D eigenvalue weighted by molar-refractivity contribution is 6.42. The maximum Gasteiger partial charge on any atom is 0.0595 e. The molecule has 0 radical (unpaired) electrons. The topological polar surface area (TPSA) is 12.0 Å². The third kappa shape index (κ3) is 4.17. The van der Waals surface area contributed by atoms with Gasteiger partial charge in [-0.2, -0.15) is 0 Å². The molecule has 1 aromatic rings. The van der Waals surface area contributed by atoms with Crippen LogP contribution in [0.5, 0.6) is 0 Å². The van der Waals surface area contributed by atoms with Crippen LogP contribution < -0.4 is 5.32 Å². The standard InChI is InChI=1S/C13H17Cl2N/c1-3-7-16-11(4-2)8-10-5-6-12(14)13(15)9-10/h4-6,9,11,16H,2-3,7-8H2,1H3. The van der Waals surface area contributed by atoms with E-state index in [0.717, 1.165) is 19.4 Å². The molecule has 0 aliphatic rings. The van der Waals surface area contributed by atoms with E-state index in [0.29, 0.717) is 10.0 Å². The van der Waals surface area contributed by atoms with Crippen LogP contribution in [0.25, 0.3) is 0 Å². The Bertz CT molecular complexity index is 350. The summed E-state index contributed by atoms with van der Waals surface area (Å²) in [6.45, 7) is 6.97. The first-order valence-electron chi connectivity index (χ1n) is 5.47.